The molecule has 0 bridgehead atoms. The van der Waals surface area contributed by atoms with Gasteiger partial charge in [0, 0.05) is 25.4 Å². The molecule has 3 rings (SSSR count). The van der Waals surface area contributed by atoms with E-state index in [4.69, 9.17) is 10.00 Å². The number of likely N-dealkylation sites (N-methyl/N-ethyl adjacent to an activating group) is 1. The van der Waals surface area contributed by atoms with Gasteiger partial charge in [-0.3, -0.25) is 0 Å². The Kier molecular flexibility index (Phi) is 9.50. The van der Waals surface area contributed by atoms with Crippen LogP contribution in [0, 0.1) is 23.2 Å². The van der Waals surface area contributed by atoms with E-state index >= 15 is 0 Å². The summed E-state index contributed by atoms with van der Waals surface area (Å²) in [6.45, 7) is 1.16. The number of nitrogens with one attached hydrogen (secondary N) is 2. The summed E-state index contributed by atoms with van der Waals surface area (Å²) in [5.74, 6) is 5.89. The zero-order valence-corrected chi connectivity index (χ0v) is 22.7. The van der Waals surface area contributed by atoms with Gasteiger partial charge in [0.05, 0.1) is 38.8 Å². The van der Waals surface area contributed by atoms with Gasteiger partial charge in [-0.15, -0.1) is 11.3 Å². The van der Waals surface area contributed by atoms with Crippen molar-refractivity contribution in [3.8, 4) is 23.7 Å². The second kappa shape index (κ2) is 12.4. The molecule has 7 nitrogen and oxygen atoms in total. The maximum Gasteiger partial charge on any atom is 0.393 e. The molecule has 0 aliphatic heterocycles. The number of fused-ring (bicyclic) bond motifs is 1. The van der Waals surface area contributed by atoms with Crippen LogP contribution in [0.1, 0.15) is 10.4 Å². The van der Waals surface area contributed by atoms with Gasteiger partial charge in [-0.1, -0.05) is 24.0 Å². The molecule has 12 heteroatoms. The molecule has 0 saturated heterocycles. The minimum Gasteiger partial charge on any atom is -0.477 e. The van der Waals surface area contributed by atoms with E-state index in [-0.39, 0.29) is 29.4 Å². The fraction of sp³-hybridized carbons (Fsp3) is 0.346. The maximum atomic E-state index is 13.4. The number of halogens is 3. The number of hydrogen-bond acceptors (Lipinski definition) is 8. The summed E-state index contributed by atoms with van der Waals surface area (Å²) in [6.07, 6.45) is -4.43. The number of hydrogen-bond donors (Lipinski definition) is 2. The lowest BCUT2D eigenvalue weighted by Crippen LogP contribution is -2.20. The highest BCUT2D eigenvalue weighted by atomic mass is 32.2. The maximum absolute atomic E-state index is 13.4. The summed E-state index contributed by atoms with van der Waals surface area (Å²) in [7, 11) is 0.388. The molecule has 0 amide bonds. The minimum atomic E-state index is -4.40. The number of nitrogens with zero attached hydrogens (tertiary/aromatic N) is 2. The molecule has 2 N–H and O–H groups in total. The molecule has 0 fully saturated rings. The normalized spacial score (nSPS) is 11.6. The molecule has 2 aromatic carbocycles. The molecular formula is C26H27F3N4O3S2. The molecule has 202 valence electrons. The second-order valence-corrected chi connectivity index (χ2v) is 11.7. The quantitative estimate of drug-likeness (QED) is 0.343. The highest BCUT2D eigenvalue weighted by Crippen LogP contribution is 2.39. The predicted molar refractivity (Wildman–Crippen MR) is 145 cm³/mol. The number of alkyl halides is 3. The molecule has 0 radical (unpaired) electrons. The monoisotopic (exact) mass is 564 g/mol. The summed E-state index contributed by atoms with van der Waals surface area (Å²) in [4.78, 5) is 2.36. The van der Waals surface area contributed by atoms with Crippen LogP contribution in [0.2, 0.25) is 0 Å². The highest BCUT2D eigenvalue weighted by Gasteiger charge is 2.31. The van der Waals surface area contributed by atoms with Gasteiger partial charge < -0.3 is 20.3 Å². The first kappa shape index (κ1) is 29.1. The molecule has 3 aromatic rings. The van der Waals surface area contributed by atoms with Crippen LogP contribution in [0.15, 0.2) is 41.3 Å². The van der Waals surface area contributed by atoms with E-state index in [1.807, 2.05) is 31.1 Å². The first-order chi connectivity index (χ1) is 17.9. The lowest BCUT2D eigenvalue weighted by Gasteiger charge is -2.12. The third-order valence-corrected chi connectivity index (χ3v) is 7.62. The lowest BCUT2D eigenvalue weighted by atomic mass is 10.1. The fourth-order valence-electron chi connectivity index (χ4n) is 3.57. The van der Waals surface area contributed by atoms with Gasteiger partial charge >= 0.3 is 6.18 Å². The zero-order chi connectivity index (χ0) is 27.9. The molecule has 1 aromatic heterocycles. The van der Waals surface area contributed by atoms with Crippen molar-refractivity contribution in [2.75, 3.05) is 57.2 Å². The van der Waals surface area contributed by atoms with E-state index in [1.54, 1.807) is 12.1 Å². The molecule has 38 heavy (non-hydrogen) atoms. The van der Waals surface area contributed by atoms with E-state index < -0.39 is 22.4 Å². The van der Waals surface area contributed by atoms with Crippen LogP contribution in [-0.2, 0) is 16.3 Å². The van der Waals surface area contributed by atoms with Crippen molar-refractivity contribution in [3.63, 3.8) is 0 Å². The molecule has 0 spiro atoms. The molecule has 0 saturated carbocycles. The van der Waals surface area contributed by atoms with Crippen LogP contribution in [0.25, 0.3) is 10.1 Å². The van der Waals surface area contributed by atoms with Gasteiger partial charge in [0.2, 0.25) is 0 Å². The number of benzene rings is 2. The Labute approximate surface area is 224 Å². The van der Waals surface area contributed by atoms with Crippen LogP contribution < -0.4 is 15.4 Å². The van der Waals surface area contributed by atoms with Crippen molar-refractivity contribution in [1.29, 1.82) is 5.26 Å². The number of ether oxygens (including phenoxy) is 1. The average Bonchev–Trinajstić information content (AvgIpc) is 3.16. The topological polar surface area (TPSA) is 94.5 Å². The van der Waals surface area contributed by atoms with Crippen molar-refractivity contribution in [2.24, 2.45) is 0 Å². The summed E-state index contributed by atoms with van der Waals surface area (Å²) in [6, 6.07) is 11.3. The van der Waals surface area contributed by atoms with Crippen LogP contribution in [0.3, 0.4) is 0 Å². The number of sulfone groups is 1. The van der Waals surface area contributed by atoms with E-state index in [1.165, 1.54) is 29.5 Å². The smallest absolute Gasteiger partial charge is 0.393 e. The summed E-state index contributed by atoms with van der Waals surface area (Å²) in [5.41, 5.74) is 1.30. The third kappa shape index (κ3) is 8.02. The Morgan fingerprint density at radius 3 is 2.55 bits per heavy atom. The van der Waals surface area contributed by atoms with Crippen LogP contribution in [0.5, 0.6) is 5.75 Å². The Bertz CT molecular complexity index is 1500. The number of anilines is 2. The SMILES string of the molecule is CN(C)CCNc1cccc2c(CC(F)(F)F)c(C#CCNc3ccc(S(C)(=O)=O)cc3OCC#N)sc12. The highest BCUT2D eigenvalue weighted by molar-refractivity contribution is 7.90. The zero-order valence-electron chi connectivity index (χ0n) is 21.1. The van der Waals surface area contributed by atoms with Gasteiger partial charge in [-0.2, -0.15) is 18.4 Å². The van der Waals surface area contributed by atoms with Crippen molar-refractivity contribution in [3.05, 3.63) is 46.8 Å². The molecule has 0 atom stereocenters. The predicted octanol–water partition coefficient (Wildman–Crippen LogP) is 4.75. The Morgan fingerprint density at radius 2 is 1.89 bits per heavy atom. The van der Waals surface area contributed by atoms with Crippen LogP contribution >= 0.6 is 11.3 Å². The van der Waals surface area contributed by atoms with Crippen molar-refractivity contribution < 1.29 is 26.3 Å². The van der Waals surface area contributed by atoms with E-state index in [0.717, 1.165) is 18.5 Å². The van der Waals surface area contributed by atoms with Gasteiger partial charge in [-0.05, 0) is 43.2 Å². The first-order valence-electron chi connectivity index (χ1n) is 11.5. The second-order valence-electron chi connectivity index (χ2n) is 8.65. The fourth-order valence-corrected chi connectivity index (χ4v) is 5.39. The van der Waals surface area contributed by atoms with Crippen LogP contribution in [-0.4, -0.2) is 66.1 Å². The van der Waals surface area contributed by atoms with Crippen molar-refractivity contribution in [1.82, 2.24) is 4.90 Å². The third-order valence-electron chi connectivity index (χ3n) is 5.31. The molecule has 0 aliphatic carbocycles. The average molecular weight is 565 g/mol. The molecular weight excluding hydrogens is 537 g/mol. The molecule has 0 unspecified atom stereocenters. The van der Waals surface area contributed by atoms with Gasteiger partial charge in [-0.25, -0.2) is 8.42 Å². The minimum absolute atomic E-state index is 0.0270. The van der Waals surface area contributed by atoms with Gasteiger partial charge in [0.25, 0.3) is 0 Å². The number of thiophene rings is 1. The number of nitriles is 1. The Hall–Kier alpha value is -3.45. The number of rotatable bonds is 10. The first-order valence-corrected chi connectivity index (χ1v) is 14.2. The van der Waals surface area contributed by atoms with Crippen molar-refractivity contribution in [2.45, 2.75) is 17.5 Å². The van der Waals surface area contributed by atoms with Crippen molar-refractivity contribution >= 4 is 42.6 Å². The largest absolute Gasteiger partial charge is 0.477 e. The summed E-state index contributed by atoms with van der Waals surface area (Å²) in [5, 5.41) is 15.6. The summed E-state index contributed by atoms with van der Waals surface area (Å²) < 4.78 is 70.1. The van der Waals surface area contributed by atoms with E-state index in [9.17, 15) is 21.6 Å². The summed E-state index contributed by atoms with van der Waals surface area (Å²) >= 11 is 1.21. The van der Waals surface area contributed by atoms with Gasteiger partial charge in [0.1, 0.15) is 11.8 Å². The lowest BCUT2D eigenvalue weighted by molar-refractivity contribution is -0.126. The molecule has 1 heterocycles. The van der Waals surface area contributed by atoms with Crippen LogP contribution in [0.4, 0.5) is 24.5 Å². The van der Waals surface area contributed by atoms with Gasteiger partial charge in [0.15, 0.2) is 16.4 Å². The Balaban J connectivity index is 1.89. The Morgan fingerprint density at radius 1 is 1.13 bits per heavy atom. The molecule has 0 aliphatic rings. The van der Waals surface area contributed by atoms with E-state index in [0.29, 0.717) is 27.2 Å². The van der Waals surface area contributed by atoms with E-state index in [2.05, 4.69) is 22.5 Å². The standard InChI is InChI=1S/C26H27F3N4O3S2/c1-33(2)14-13-32-22-7-4-6-19-20(17-26(27,28)29)24(37-25(19)22)8-5-12-31-21-10-9-18(38(3,34)35)16-23(21)36-15-11-30/h4,6-7,9-10,16,31-32H,12-15,17H2,1-3H3.